The van der Waals surface area contributed by atoms with Crippen molar-refractivity contribution in [2.45, 2.75) is 0 Å². The number of rotatable bonds is 4. The summed E-state index contributed by atoms with van der Waals surface area (Å²) in [5, 5.41) is 0. The Morgan fingerprint density at radius 3 is 2.11 bits per heavy atom. The molecule has 1 aromatic heterocycles. The Bertz CT molecular complexity index is 575. The van der Waals surface area contributed by atoms with Crippen molar-refractivity contribution in [3.63, 3.8) is 0 Å². The number of benzene rings is 1. The molecule has 0 saturated carbocycles. The van der Waals surface area contributed by atoms with E-state index >= 15 is 0 Å². The molecule has 0 radical (unpaired) electrons. The Morgan fingerprint density at radius 2 is 1.58 bits per heavy atom. The lowest BCUT2D eigenvalue weighted by atomic mass is 10.3. The van der Waals surface area contributed by atoms with Gasteiger partial charge in [0.05, 0.1) is 18.7 Å². The first-order chi connectivity index (χ1) is 9.12. The summed E-state index contributed by atoms with van der Waals surface area (Å²) in [6.07, 6.45) is 0. The summed E-state index contributed by atoms with van der Waals surface area (Å²) in [6.45, 7) is 0. The molecule has 0 saturated heterocycles. The maximum absolute atomic E-state index is 13.0. The van der Waals surface area contributed by atoms with Gasteiger partial charge in [-0.15, -0.1) is 15.0 Å². The Hall–Kier alpha value is -1.96. The molecule has 100 valence electrons. The molecule has 0 unspecified atom stereocenters. The van der Waals surface area contributed by atoms with E-state index in [0.717, 1.165) is 0 Å². The van der Waals surface area contributed by atoms with E-state index in [2.05, 4.69) is 30.9 Å². The van der Waals surface area contributed by atoms with E-state index < -0.39 is 0 Å². The summed E-state index contributed by atoms with van der Waals surface area (Å²) < 4.78 is 28.6. The van der Waals surface area contributed by atoms with Gasteiger partial charge in [-0.1, -0.05) is 0 Å². The number of methoxy groups -OCH3 is 2. The highest BCUT2D eigenvalue weighted by atomic mass is 79.9. The van der Waals surface area contributed by atoms with Crippen molar-refractivity contribution < 1.29 is 18.6 Å². The average Bonchev–Trinajstić information content (AvgIpc) is 2.41. The molecule has 0 bridgehead atoms. The lowest BCUT2D eigenvalue weighted by Gasteiger charge is -2.07. The van der Waals surface area contributed by atoms with E-state index in [1.807, 2.05) is 0 Å². The van der Waals surface area contributed by atoms with Crippen molar-refractivity contribution in [3.8, 4) is 23.8 Å². The van der Waals surface area contributed by atoms with Crippen LogP contribution in [0.15, 0.2) is 22.7 Å². The van der Waals surface area contributed by atoms with Crippen LogP contribution in [0.25, 0.3) is 0 Å². The van der Waals surface area contributed by atoms with Crippen LogP contribution in [0.5, 0.6) is 23.8 Å². The van der Waals surface area contributed by atoms with Crippen LogP contribution < -0.4 is 14.2 Å². The number of aromatic nitrogens is 3. The summed E-state index contributed by atoms with van der Waals surface area (Å²) in [5.74, 6) is -0.0262. The van der Waals surface area contributed by atoms with Crippen LogP contribution >= 0.6 is 15.9 Å². The van der Waals surface area contributed by atoms with Crippen molar-refractivity contribution in [1.29, 1.82) is 0 Å². The zero-order valence-electron chi connectivity index (χ0n) is 10.1. The lowest BCUT2D eigenvalue weighted by Crippen LogP contribution is -2.01. The van der Waals surface area contributed by atoms with E-state index in [4.69, 9.17) is 14.2 Å². The van der Waals surface area contributed by atoms with Crippen molar-refractivity contribution in [1.82, 2.24) is 15.0 Å². The van der Waals surface area contributed by atoms with E-state index in [-0.39, 0.29) is 23.8 Å². The van der Waals surface area contributed by atoms with Gasteiger partial charge in [0.2, 0.25) is 0 Å². The maximum atomic E-state index is 13.0. The molecular weight excluding hydrogens is 321 g/mol. The summed E-state index contributed by atoms with van der Waals surface area (Å²) >= 11 is 3.18. The van der Waals surface area contributed by atoms with Gasteiger partial charge in [-0.3, -0.25) is 0 Å². The Balaban J connectivity index is 2.31. The van der Waals surface area contributed by atoms with Gasteiger partial charge in [0.1, 0.15) is 11.6 Å². The lowest BCUT2D eigenvalue weighted by molar-refractivity contribution is 0.320. The topological polar surface area (TPSA) is 66.4 Å². The molecule has 8 heteroatoms. The fourth-order valence-corrected chi connectivity index (χ4v) is 1.64. The quantitative estimate of drug-likeness (QED) is 0.858. The normalized spacial score (nSPS) is 10.1. The van der Waals surface area contributed by atoms with Gasteiger partial charge < -0.3 is 14.2 Å². The van der Waals surface area contributed by atoms with Crippen LogP contribution in [0.2, 0.25) is 0 Å². The molecule has 0 spiro atoms. The highest BCUT2D eigenvalue weighted by molar-refractivity contribution is 9.10. The molecule has 0 N–H and O–H groups in total. The van der Waals surface area contributed by atoms with Crippen LogP contribution in [0.1, 0.15) is 0 Å². The maximum Gasteiger partial charge on any atom is 0.331 e. The standard InChI is InChI=1S/C11H9BrFN3O3/c1-17-9-14-10(18-2)16-11(15-9)19-8-4-3-6(13)5-7(8)12/h3-5H,1-2H3. The summed E-state index contributed by atoms with van der Waals surface area (Å²) in [6, 6.07) is 4.07. The Morgan fingerprint density at radius 1 is 1.00 bits per heavy atom. The van der Waals surface area contributed by atoms with Crippen LogP contribution in [0.4, 0.5) is 4.39 Å². The minimum atomic E-state index is -0.384. The van der Waals surface area contributed by atoms with E-state index in [9.17, 15) is 4.39 Å². The second kappa shape index (κ2) is 5.79. The molecule has 0 fully saturated rings. The zero-order chi connectivity index (χ0) is 13.8. The van der Waals surface area contributed by atoms with E-state index in [0.29, 0.717) is 10.2 Å². The summed E-state index contributed by atoms with van der Waals surface area (Å²) in [5.41, 5.74) is 0. The van der Waals surface area contributed by atoms with Crippen molar-refractivity contribution in [2.24, 2.45) is 0 Å². The third-order valence-electron chi connectivity index (χ3n) is 2.03. The van der Waals surface area contributed by atoms with Gasteiger partial charge in [0, 0.05) is 0 Å². The first-order valence-corrected chi connectivity index (χ1v) is 5.88. The second-order valence-corrected chi connectivity index (χ2v) is 4.12. The fourth-order valence-electron chi connectivity index (χ4n) is 1.21. The van der Waals surface area contributed by atoms with Gasteiger partial charge in [0.15, 0.2) is 0 Å². The minimum Gasteiger partial charge on any atom is -0.467 e. The molecular formula is C11H9BrFN3O3. The summed E-state index contributed by atoms with van der Waals surface area (Å²) in [4.78, 5) is 11.6. The van der Waals surface area contributed by atoms with Gasteiger partial charge in [-0.05, 0) is 34.1 Å². The molecule has 0 aliphatic heterocycles. The fraction of sp³-hybridized carbons (Fsp3) is 0.182. The third kappa shape index (κ3) is 3.28. The molecule has 0 aliphatic rings. The molecule has 0 atom stereocenters. The number of ether oxygens (including phenoxy) is 3. The molecule has 19 heavy (non-hydrogen) atoms. The highest BCUT2D eigenvalue weighted by Gasteiger charge is 2.11. The number of hydrogen-bond acceptors (Lipinski definition) is 6. The van der Waals surface area contributed by atoms with Crippen molar-refractivity contribution in [2.75, 3.05) is 14.2 Å². The minimum absolute atomic E-state index is 0.0176. The third-order valence-corrected chi connectivity index (χ3v) is 2.65. The van der Waals surface area contributed by atoms with Crippen LogP contribution in [-0.2, 0) is 0 Å². The van der Waals surface area contributed by atoms with Gasteiger partial charge in [0.25, 0.3) is 0 Å². The second-order valence-electron chi connectivity index (χ2n) is 3.27. The smallest absolute Gasteiger partial charge is 0.331 e. The van der Waals surface area contributed by atoms with E-state index in [1.54, 1.807) is 0 Å². The van der Waals surface area contributed by atoms with Crippen molar-refractivity contribution in [3.05, 3.63) is 28.5 Å². The Kier molecular flexibility index (Phi) is 4.10. The first-order valence-electron chi connectivity index (χ1n) is 5.09. The largest absolute Gasteiger partial charge is 0.467 e. The zero-order valence-corrected chi connectivity index (χ0v) is 11.6. The summed E-state index contributed by atoms with van der Waals surface area (Å²) in [7, 11) is 2.82. The molecule has 1 aromatic carbocycles. The van der Waals surface area contributed by atoms with Crippen molar-refractivity contribution >= 4 is 15.9 Å². The van der Waals surface area contributed by atoms with Gasteiger partial charge in [-0.25, -0.2) is 4.39 Å². The van der Waals surface area contributed by atoms with Crippen LogP contribution in [0.3, 0.4) is 0 Å². The molecule has 2 aromatic rings. The van der Waals surface area contributed by atoms with Gasteiger partial charge in [-0.2, -0.15) is 0 Å². The molecule has 0 aliphatic carbocycles. The first kappa shape index (κ1) is 13.5. The van der Waals surface area contributed by atoms with Crippen LogP contribution in [-0.4, -0.2) is 29.2 Å². The average molecular weight is 330 g/mol. The molecule has 2 rings (SSSR count). The predicted octanol–water partition coefficient (Wildman–Crippen LogP) is 2.58. The monoisotopic (exact) mass is 329 g/mol. The Labute approximate surface area is 116 Å². The number of hydrogen-bond donors (Lipinski definition) is 0. The highest BCUT2D eigenvalue weighted by Crippen LogP contribution is 2.29. The molecule has 1 heterocycles. The molecule has 0 amide bonds. The molecule has 6 nitrogen and oxygen atoms in total. The SMILES string of the molecule is COc1nc(OC)nc(Oc2ccc(F)cc2Br)n1. The van der Waals surface area contributed by atoms with Gasteiger partial charge >= 0.3 is 18.0 Å². The number of nitrogens with zero attached hydrogens (tertiary/aromatic N) is 3. The van der Waals surface area contributed by atoms with Crippen LogP contribution in [0, 0.1) is 5.82 Å². The predicted molar refractivity (Wildman–Crippen MR) is 67.1 cm³/mol. The number of halogens is 2. The van der Waals surface area contributed by atoms with E-state index in [1.165, 1.54) is 32.4 Å².